The summed E-state index contributed by atoms with van der Waals surface area (Å²) >= 11 is 5.50. The number of benzene rings is 1. The molecular formula is C15H15ClF3N3O. The van der Waals surface area contributed by atoms with E-state index in [1.807, 2.05) is 20.8 Å². The highest BCUT2D eigenvalue weighted by Crippen LogP contribution is 2.36. The average molecular weight is 346 g/mol. The number of halogens is 4. The first-order valence-electron chi connectivity index (χ1n) is 6.50. The van der Waals surface area contributed by atoms with Crippen molar-refractivity contribution in [2.45, 2.75) is 32.5 Å². The number of nitrogens with zero attached hydrogens (tertiary/aromatic N) is 1. The molecule has 2 N–H and O–H groups in total. The van der Waals surface area contributed by atoms with E-state index >= 15 is 0 Å². The van der Waals surface area contributed by atoms with Gasteiger partial charge >= 0.3 is 6.18 Å². The van der Waals surface area contributed by atoms with Gasteiger partial charge in [-0.2, -0.15) is 18.4 Å². The minimum atomic E-state index is -4.64. The lowest BCUT2D eigenvalue weighted by molar-refractivity contribution is -0.137. The van der Waals surface area contributed by atoms with E-state index in [0.29, 0.717) is 6.07 Å². The molecule has 0 unspecified atom stereocenters. The topological polar surface area (TPSA) is 64.9 Å². The highest BCUT2D eigenvalue weighted by Gasteiger charge is 2.33. The van der Waals surface area contributed by atoms with Gasteiger partial charge in [-0.05, 0) is 39.0 Å². The molecule has 0 fully saturated rings. The van der Waals surface area contributed by atoms with Gasteiger partial charge in [0, 0.05) is 17.4 Å². The van der Waals surface area contributed by atoms with E-state index < -0.39 is 22.7 Å². The fourth-order valence-corrected chi connectivity index (χ4v) is 1.68. The molecule has 0 bridgehead atoms. The second kappa shape index (κ2) is 6.92. The fourth-order valence-electron chi connectivity index (χ4n) is 1.46. The number of carbonyl (C=O) groups excluding carboxylic acids is 1. The van der Waals surface area contributed by atoms with Crippen LogP contribution in [0, 0.1) is 11.3 Å². The molecule has 8 heteroatoms. The normalized spacial score (nSPS) is 12.5. The summed E-state index contributed by atoms with van der Waals surface area (Å²) in [5.41, 5.74) is -1.80. The first-order chi connectivity index (χ1) is 10.4. The SMILES string of the molecule is CC(C)(C)N/C=C(/C#N)C(=O)Nc1ccc(Cl)c(C(F)(F)F)c1. The van der Waals surface area contributed by atoms with Gasteiger partial charge in [0.2, 0.25) is 0 Å². The Kier molecular flexibility index (Phi) is 5.67. The maximum absolute atomic E-state index is 12.8. The van der Waals surface area contributed by atoms with Crippen LogP contribution in [0.1, 0.15) is 26.3 Å². The van der Waals surface area contributed by atoms with Crippen molar-refractivity contribution in [3.05, 3.63) is 40.6 Å². The van der Waals surface area contributed by atoms with Crippen molar-refractivity contribution in [3.63, 3.8) is 0 Å². The Morgan fingerprint density at radius 3 is 2.39 bits per heavy atom. The Bertz CT molecular complexity index is 670. The van der Waals surface area contributed by atoms with Gasteiger partial charge in [-0.1, -0.05) is 11.6 Å². The molecule has 23 heavy (non-hydrogen) atoms. The standard InChI is InChI=1S/C15H15ClF3N3O/c1-14(2,3)21-8-9(7-20)13(23)22-10-4-5-12(16)11(6-10)15(17,18)19/h4-6,8,21H,1-3H3,(H,22,23)/b9-8-. The van der Waals surface area contributed by atoms with Crippen LogP contribution in [0.25, 0.3) is 0 Å². The molecule has 0 aliphatic rings. The minimum Gasteiger partial charge on any atom is -0.385 e. The molecule has 0 heterocycles. The van der Waals surface area contributed by atoms with E-state index in [2.05, 4.69) is 10.6 Å². The average Bonchev–Trinajstić information content (AvgIpc) is 2.39. The first-order valence-corrected chi connectivity index (χ1v) is 6.88. The van der Waals surface area contributed by atoms with Crippen molar-refractivity contribution in [1.82, 2.24) is 5.32 Å². The zero-order valence-corrected chi connectivity index (χ0v) is 13.4. The summed E-state index contributed by atoms with van der Waals surface area (Å²) < 4.78 is 38.3. The Labute approximate surface area is 136 Å². The van der Waals surface area contributed by atoms with Crippen LogP contribution in [0.2, 0.25) is 5.02 Å². The van der Waals surface area contributed by atoms with Crippen LogP contribution in [0.15, 0.2) is 30.0 Å². The van der Waals surface area contributed by atoms with E-state index in [0.717, 1.165) is 6.07 Å². The van der Waals surface area contributed by atoms with Crippen molar-refractivity contribution in [2.24, 2.45) is 0 Å². The number of alkyl halides is 3. The van der Waals surface area contributed by atoms with Crippen LogP contribution >= 0.6 is 11.6 Å². The van der Waals surface area contributed by atoms with Gasteiger partial charge in [-0.15, -0.1) is 0 Å². The number of nitriles is 1. The molecule has 0 atom stereocenters. The zero-order chi connectivity index (χ0) is 17.8. The Balaban J connectivity index is 2.99. The predicted octanol–water partition coefficient (Wildman–Crippen LogP) is 4.09. The highest BCUT2D eigenvalue weighted by atomic mass is 35.5. The van der Waals surface area contributed by atoms with Crippen molar-refractivity contribution in [2.75, 3.05) is 5.32 Å². The molecule has 1 amide bonds. The molecule has 0 aliphatic heterocycles. The van der Waals surface area contributed by atoms with E-state index in [9.17, 15) is 18.0 Å². The second-order valence-electron chi connectivity index (χ2n) is 5.71. The summed E-state index contributed by atoms with van der Waals surface area (Å²) in [7, 11) is 0. The lowest BCUT2D eigenvalue weighted by atomic mass is 10.1. The number of hydrogen-bond acceptors (Lipinski definition) is 3. The van der Waals surface area contributed by atoms with Gasteiger partial charge in [-0.3, -0.25) is 4.79 Å². The van der Waals surface area contributed by atoms with Gasteiger partial charge in [0.1, 0.15) is 11.6 Å². The van der Waals surface area contributed by atoms with Gasteiger partial charge < -0.3 is 10.6 Å². The van der Waals surface area contributed by atoms with Crippen molar-refractivity contribution >= 4 is 23.2 Å². The maximum Gasteiger partial charge on any atom is 0.417 e. The molecule has 0 spiro atoms. The number of anilines is 1. The van der Waals surface area contributed by atoms with Crippen molar-refractivity contribution in [3.8, 4) is 6.07 Å². The quantitative estimate of drug-likeness (QED) is 0.640. The van der Waals surface area contributed by atoms with Gasteiger partial charge in [0.15, 0.2) is 0 Å². The van der Waals surface area contributed by atoms with Crippen LogP contribution in [0.3, 0.4) is 0 Å². The predicted molar refractivity (Wildman–Crippen MR) is 81.7 cm³/mol. The van der Waals surface area contributed by atoms with Gasteiger partial charge in [0.05, 0.1) is 10.6 Å². The van der Waals surface area contributed by atoms with Crippen molar-refractivity contribution in [1.29, 1.82) is 5.26 Å². The summed E-state index contributed by atoms with van der Waals surface area (Å²) in [5.74, 6) is -0.820. The van der Waals surface area contributed by atoms with E-state index in [-0.39, 0.29) is 16.8 Å². The smallest absolute Gasteiger partial charge is 0.385 e. The second-order valence-corrected chi connectivity index (χ2v) is 6.12. The number of hydrogen-bond donors (Lipinski definition) is 2. The summed E-state index contributed by atoms with van der Waals surface area (Å²) in [5, 5.41) is 13.6. The van der Waals surface area contributed by atoms with Crippen LogP contribution in [0.5, 0.6) is 0 Å². The zero-order valence-electron chi connectivity index (χ0n) is 12.7. The number of rotatable bonds is 3. The number of nitrogens with one attached hydrogen (secondary N) is 2. The molecule has 124 valence electrons. The molecule has 4 nitrogen and oxygen atoms in total. The number of amides is 1. The Hall–Kier alpha value is -2.20. The van der Waals surface area contributed by atoms with Crippen LogP contribution in [-0.4, -0.2) is 11.4 Å². The van der Waals surface area contributed by atoms with Gasteiger partial charge in [0.25, 0.3) is 5.91 Å². The van der Waals surface area contributed by atoms with E-state index in [1.54, 1.807) is 6.07 Å². The monoisotopic (exact) mass is 345 g/mol. The molecular weight excluding hydrogens is 331 g/mol. The van der Waals surface area contributed by atoms with Crippen LogP contribution in [0.4, 0.5) is 18.9 Å². The van der Waals surface area contributed by atoms with Gasteiger partial charge in [-0.25, -0.2) is 0 Å². The fraction of sp³-hybridized carbons (Fsp3) is 0.333. The molecule has 1 aromatic carbocycles. The van der Waals surface area contributed by atoms with Crippen molar-refractivity contribution < 1.29 is 18.0 Å². The van der Waals surface area contributed by atoms with E-state index in [1.165, 1.54) is 12.3 Å². The minimum absolute atomic E-state index is 0.108. The summed E-state index contributed by atoms with van der Waals surface area (Å²) in [4.78, 5) is 12.0. The van der Waals surface area contributed by atoms with E-state index in [4.69, 9.17) is 16.9 Å². The molecule has 0 aromatic heterocycles. The molecule has 1 aromatic rings. The Morgan fingerprint density at radius 2 is 1.91 bits per heavy atom. The van der Waals surface area contributed by atoms with Crippen LogP contribution < -0.4 is 10.6 Å². The lowest BCUT2D eigenvalue weighted by Gasteiger charge is -2.19. The third kappa shape index (κ3) is 5.83. The molecule has 0 saturated carbocycles. The Morgan fingerprint density at radius 1 is 1.30 bits per heavy atom. The molecule has 1 rings (SSSR count). The molecule has 0 saturated heterocycles. The summed E-state index contributed by atoms with van der Waals surface area (Å²) in [6.45, 7) is 5.47. The third-order valence-electron chi connectivity index (χ3n) is 2.54. The maximum atomic E-state index is 12.8. The number of carbonyl (C=O) groups is 1. The lowest BCUT2D eigenvalue weighted by Crippen LogP contribution is -2.32. The largest absolute Gasteiger partial charge is 0.417 e. The highest BCUT2D eigenvalue weighted by molar-refractivity contribution is 6.31. The summed E-state index contributed by atoms with van der Waals surface area (Å²) in [6.07, 6.45) is -3.42. The molecule has 0 radical (unpaired) electrons. The summed E-state index contributed by atoms with van der Waals surface area (Å²) in [6, 6.07) is 4.66. The molecule has 0 aliphatic carbocycles. The van der Waals surface area contributed by atoms with Crippen LogP contribution in [-0.2, 0) is 11.0 Å². The first kappa shape index (κ1) is 18.8. The third-order valence-corrected chi connectivity index (χ3v) is 2.87.